The van der Waals surface area contributed by atoms with Crippen LogP contribution in [0, 0.1) is 0 Å². The maximum atomic E-state index is 9.23. The molecule has 1 aromatic rings. The van der Waals surface area contributed by atoms with Crippen LogP contribution < -0.4 is 0 Å². The zero-order valence-electron chi connectivity index (χ0n) is 9.78. The minimum atomic E-state index is 0.334. The van der Waals surface area contributed by atoms with Gasteiger partial charge in [-0.2, -0.15) is 0 Å². The van der Waals surface area contributed by atoms with Gasteiger partial charge in [-0.15, -0.1) is 0 Å². The van der Waals surface area contributed by atoms with Gasteiger partial charge >= 0.3 is 0 Å². The van der Waals surface area contributed by atoms with Crippen LogP contribution in [0.1, 0.15) is 32.4 Å². The third kappa shape index (κ3) is 3.79. The van der Waals surface area contributed by atoms with Gasteiger partial charge in [0.1, 0.15) is 5.75 Å². The van der Waals surface area contributed by atoms with Crippen molar-refractivity contribution in [3.05, 3.63) is 29.8 Å². The van der Waals surface area contributed by atoms with Gasteiger partial charge in [-0.25, -0.2) is 0 Å². The molecule has 0 heterocycles. The van der Waals surface area contributed by atoms with Crippen molar-refractivity contribution in [2.75, 3.05) is 14.1 Å². The monoisotopic (exact) mass is 195 g/mol. The van der Waals surface area contributed by atoms with Gasteiger partial charge in [0, 0.05) is 6.04 Å². The van der Waals surface area contributed by atoms with E-state index in [1.54, 1.807) is 12.1 Å². The molecular formula is C12H21NO. The van der Waals surface area contributed by atoms with E-state index in [4.69, 9.17) is 0 Å². The molecule has 80 valence electrons. The van der Waals surface area contributed by atoms with Crippen LogP contribution in [0.15, 0.2) is 24.3 Å². The van der Waals surface area contributed by atoms with Gasteiger partial charge in [0.05, 0.1) is 0 Å². The Hall–Kier alpha value is -1.02. The first-order valence-corrected chi connectivity index (χ1v) is 5.06. The topological polar surface area (TPSA) is 23.5 Å². The standard InChI is InChI=1S/C10H15NO.C2H6/c1-8(11(2)3)9-5-4-6-10(12)7-9;1-2/h4-8,12H,1-3H3;1-2H3. The van der Waals surface area contributed by atoms with Crippen LogP contribution in [0.2, 0.25) is 0 Å². The van der Waals surface area contributed by atoms with Gasteiger partial charge in [-0.3, -0.25) is 0 Å². The summed E-state index contributed by atoms with van der Waals surface area (Å²) in [5, 5.41) is 9.23. The van der Waals surface area contributed by atoms with Crippen LogP contribution in [-0.2, 0) is 0 Å². The van der Waals surface area contributed by atoms with Crippen LogP contribution in [-0.4, -0.2) is 24.1 Å². The molecule has 14 heavy (non-hydrogen) atoms. The Bertz CT molecular complexity index is 258. The van der Waals surface area contributed by atoms with Gasteiger partial charge in [0.2, 0.25) is 0 Å². The number of hydrogen-bond donors (Lipinski definition) is 1. The van der Waals surface area contributed by atoms with E-state index < -0.39 is 0 Å². The van der Waals surface area contributed by atoms with E-state index in [-0.39, 0.29) is 0 Å². The fourth-order valence-electron chi connectivity index (χ4n) is 1.08. The van der Waals surface area contributed by atoms with E-state index >= 15 is 0 Å². The summed E-state index contributed by atoms with van der Waals surface area (Å²) >= 11 is 0. The second kappa shape index (κ2) is 6.44. The van der Waals surface area contributed by atoms with Crippen molar-refractivity contribution >= 4 is 0 Å². The molecular weight excluding hydrogens is 174 g/mol. The van der Waals surface area contributed by atoms with Crippen LogP contribution in [0.3, 0.4) is 0 Å². The van der Waals surface area contributed by atoms with Crippen molar-refractivity contribution in [1.82, 2.24) is 4.90 Å². The zero-order valence-corrected chi connectivity index (χ0v) is 9.78. The Balaban J connectivity index is 0.000000791. The summed E-state index contributed by atoms with van der Waals surface area (Å²) in [5.74, 6) is 0.334. The highest BCUT2D eigenvalue weighted by Gasteiger charge is 2.06. The van der Waals surface area contributed by atoms with Gasteiger partial charge in [0.15, 0.2) is 0 Å². The molecule has 1 unspecified atom stereocenters. The lowest BCUT2D eigenvalue weighted by atomic mass is 10.1. The number of benzene rings is 1. The quantitative estimate of drug-likeness (QED) is 0.784. The first-order valence-electron chi connectivity index (χ1n) is 5.06. The van der Waals surface area contributed by atoms with Crippen LogP contribution in [0.25, 0.3) is 0 Å². The lowest BCUT2D eigenvalue weighted by molar-refractivity contribution is 0.320. The highest BCUT2D eigenvalue weighted by molar-refractivity contribution is 5.28. The largest absolute Gasteiger partial charge is 0.508 e. The van der Waals surface area contributed by atoms with E-state index in [2.05, 4.69) is 11.8 Å². The average molecular weight is 195 g/mol. The normalized spacial score (nSPS) is 11.9. The Kier molecular flexibility index (Phi) is 5.97. The summed E-state index contributed by atoms with van der Waals surface area (Å²) in [6.07, 6.45) is 0. The number of rotatable bonds is 2. The highest BCUT2D eigenvalue weighted by Crippen LogP contribution is 2.20. The summed E-state index contributed by atoms with van der Waals surface area (Å²) in [5.41, 5.74) is 1.14. The number of hydrogen-bond acceptors (Lipinski definition) is 2. The minimum absolute atomic E-state index is 0.334. The Morgan fingerprint density at radius 3 is 2.21 bits per heavy atom. The number of phenols is 1. The summed E-state index contributed by atoms with van der Waals surface area (Å²) in [6.45, 7) is 6.11. The summed E-state index contributed by atoms with van der Waals surface area (Å²) < 4.78 is 0. The Labute approximate surface area is 87.2 Å². The minimum Gasteiger partial charge on any atom is -0.508 e. The lowest BCUT2D eigenvalue weighted by Gasteiger charge is -2.19. The van der Waals surface area contributed by atoms with Crippen molar-refractivity contribution < 1.29 is 5.11 Å². The van der Waals surface area contributed by atoms with Gasteiger partial charge in [-0.1, -0.05) is 26.0 Å². The molecule has 0 amide bonds. The molecule has 0 aromatic heterocycles. The van der Waals surface area contributed by atoms with Crippen molar-refractivity contribution in [2.24, 2.45) is 0 Å². The number of nitrogens with zero attached hydrogens (tertiary/aromatic N) is 1. The van der Waals surface area contributed by atoms with E-state index in [9.17, 15) is 5.11 Å². The van der Waals surface area contributed by atoms with Crippen molar-refractivity contribution in [3.8, 4) is 5.75 Å². The predicted molar refractivity (Wildman–Crippen MR) is 61.6 cm³/mol. The fourth-order valence-corrected chi connectivity index (χ4v) is 1.08. The molecule has 0 saturated carbocycles. The zero-order chi connectivity index (χ0) is 11.1. The molecule has 0 saturated heterocycles. The average Bonchev–Trinajstić information content (AvgIpc) is 2.19. The number of aromatic hydroxyl groups is 1. The molecule has 1 N–H and O–H groups in total. The molecule has 0 bridgehead atoms. The third-order valence-corrected chi connectivity index (χ3v) is 2.13. The van der Waals surface area contributed by atoms with Crippen molar-refractivity contribution in [3.63, 3.8) is 0 Å². The summed E-state index contributed by atoms with van der Waals surface area (Å²) in [4.78, 5) is 2.11. The van der Waals surface area contributed by atoms with Crippen LogP contribution in [0.5, 0.6) is 5.75 Å². The SMILES string of the molecule is CC.CC(c1cccc(O)c1)N(C)C. The van der Waals surface area contributed by atoms with Crippen LogP contribution >= 0.6 is 0 Å². The van der Waals surface area contributed by atoms with Crippen molar-refractivity contribution in [1.29, 1.82) is 0 Å². The fraction of sp³-hybridized carbons (Fsp3) is 0.500. The molecule has 0 aliphatic heterocycles. The molecule has 1 rings (SSSR count). The molecule has 1 aromatic carbocycles. The van der Waals surface area contributed by atoms with Crippen molar-refractivity contribution in [2.45, 2.75) is 26.8 Å². The number of phenolic OH excluding ortho intramolecular Hbond substituents is 1. The molecule has 0 radical (unpaired) electrons. The first kappa shape index (κ1) is 13.0. The molecule has 0 spiro atoms. The van der Waals surface area contributed by atoms with E-state index in [1.165, 1.54) is 0 Å². The van der Waals surface area contributed by atoms with E-state index in [0.717, 1.165) is 5.56 Å². The Morgan fingerprint density at radius 2 is 1.79 bits per heavy atom. The molecule has 0 fully saturated rings. The second-order valence-corrected chi connectivity index (χ2v) is 3.23. The van der Waals surface area contributed by atoms with E-state index in [0.29, 0.717) is 11.8 Å². The molecule has 1 atom stereocenters. The lowest BCUT2D eigenvalue weighted by Crippen LogP contribution is -2.16. The summed E-state index contributed by atoms with van der Waals surface area (Å²) in [6, 6.07) is 7.71. The Morgan fingerprint density at radius 1 is 1.21 bits per heavy atom. The van der Waals surface area contributed by atoms with E-state index in [1.807, 2.05) is 40.1 Å². The smallest absolute Gasteiger partial charge is 0.115 e. The maximum absolute atomic E-state index is 9.23. The maximum Gasteiger partial charge on any atom is 0.115 e. The molecule has 2 nitrogen and oxygen atoms in total. The van der Waals surface area contributed by atoms with Gasteiger partial charge in [0.25, 0.3) is 0 Å². The highest BCUT2D eigenvalue weighted by atomic mass is 16.3. The molecule has 0 aliphatic carbocycles. The summed E-state index contributed by atoms with van der Waals surface area (Å²) in [7, 11) is 4.05. The predicted octanol–water partition coefficient (Wildman–Crippen LogP) is 3.04. The third-order valence-electron chi connectivity index (χ3n) is 2.13. The second-order valence-electron chi connectivity index (χ2n) is 3.23. The molecule has 0 aliphatic rings. The van der Waals surface area contributed by atoms with Gasteiger partial charge in [-0.05, 0) is 38.7 Å². The molecule has 2 heteroatoms. The van der Waals surface area contributed by atoms with Crippen LogP contribution in [0.4, 0.5) is 0 Å². The first-order chi connectivity index (χ1) is 6.61. The van der Waals surface area contributed by atoms with Gasteiger partial charge < -0.3 is 10.0 Å².